The van der Waals surface area contributed by atoms with Crippen LogP contribution in [0.4, 0.5) is 5.69 Å². The molecule has 0 saturated carbocycles. The zero-order valence-corrected chi connectivity index (χ0v) is 10.1. The molecule has 90 valence electrons. The number of rotatable bonds is 3. The lowest BCUT2D eigenvalue weighted by molar-refractivity contribution is 0.474. The number of hydrogen-bond acceptors (Lipinski definition) is 3. The molecule has 0 spiro atoms. The number of nitriles is 1. The molecule has 0 aliphatic heterocycles. The summed E-state index contributed by atoms with van der Waals surface area (Å²) in [6.45, 7) is 2.01. The summed E-state index contributed by atoms with van der Waals surface area (Å²) in [5, 5.41) is 21.6. The number of hydrogen-bond donors (Lipinski definition) is 2. The minimum atomic E-state index is 0.0612. The summed E-state index contributed by atoms with van der Waals surface area (Å²) in [6.07, 6.45) is 0. The van der Waals surface area contributed by atoms with Gasteiger partial charge in [0.1, 0.15) is 5.75 Å². The van der Waals surface area contributed by atoms with E-state index in [-0.39, 0.29) is 11.8 Å². The molecule has 1 atom stereocenters. The monoisotopic (exact) mass is 238 g/mol. The van der Waals surface area contributed by atoms with E-state index in [1.165, 1.54) is 0 Å². The Morgan fingerprint density at radius 3 is 2.67 bits per heavy atom. The predicted octanol–water partition coefficient (Wildman–Crippen LogP) is 3.44. The van der Waals surface area contributed by atoms with Crippen LogP contribution in [0.3, 0.4) is 0 Å². The average Bonchev–Trinajstić information content (AvgIpc) is 2.39. The van der Waals surface area contributed by atoms with Crippen LogP contribution in [0, 0.1) is 11.3 Å². The SMILES string of the molecule is CC(Nc1cccc(C#N)c1)c1cccc(O)c1. The maximum Gasteiger partial charge on any atom is 0.115 e. The first-order chi connectivity index (χ1) is 8.69. The van der Waals surface area contributed by atoms with Crippen molar-refractivity contribution in [3.8, 4) is 11.8 Å². The Balaban J connectivity index is 2.16. The van der Waals surface area contributed by atoms with Crippen LogP contribution in [0.5, 0.6) is 5.75 Å². The first-order valence-electron chi connectivity index (χ1n) is 5.74. The van der Waals surface area contributed by atoms with Gasteiger partial charge in [-0.2, -0.15) is 5.26 Å². The molecule has 0 radical (unpaired) electrons. The number of anilines is 1. The van der Waals surface area contributed by atoms with Crippen LogP contribution in [0.2, 0.25) is 0 Å². The second kappa shape index (κ2) is 5.24. The first kappa shape index (κ1) is 12.0. The highest BCUT2D eigenvalue weighted by atomic mass is 16.3. The van der Waals surface area contributed by atoms with E-state index in [0.717, 1.165) is 11.3 Å². The molecule has 1 unspecified atom stereocenters. The maximum absolute atomic E-state index is 9.44. The number of aromatic hydroxyl groups is 1. The van der Waals surface area contributed by atoms with Crippen LogP contribution in [0.15, 0.2) is 48.5 Å². The van der Waals surface area contributed by atoms with Gasteiger partial charge in [-0.3, -0.25) is 0 Å². The zero-order valence-electron chi connectivity index (χ0n) is 10.1. The molecule has 0 fully saturated rings. The summed E-state index contributed by atoms with van der Waals surface area (Å²) in [4.78, 5) is 0. The van der Waals surface area contributed by atoms with E-state index in [1.54, 1.807) is 24.3 Å². The highest BCUT2D eigenvalue weighted by Crippen LogP contribution is 2.22. The van der Waals surface area contributed by atoms with Crippen LogP contribution in [-0.2, 0) is 0 Å². The van der Waals surface area contributed by atoms with Crippen molar-refractivity contribution >= 4 is 5.69 Å². The smallest absolute Gasteiger partial charge is 0.115 e. The van der Waals surface area contributed by atoms with Gasteiger partial charge < -0.3 is 10.4 Å². The Bertz CT molecular complexity index is 587. The fourth-order valence-corrected chi connectivity index (χ4v) is 1.81. The number of phenolic OH excluding ortho intramolecular Hbond substituents is 1. The lowest BCUT2D eigenvalue weighted by Crippen LogP contribution is -2.06. The molecule has 2 aromatic carbocycles. The molecule has 0 bridgehead atoms. The first-order valence-corrected chi connectivity index (χ1v) is 5.74. The van der Waals surface area contributed by atoms with Gasteiger partial charge in [-0.05, 0) is 42.8 Å². The third-order valence-corrected chi connectivity index (χ3v) is 2.75. The molecule has 0 saturated heterocycles. The van der Waals surface area contributed by atoms with Gasteiger partial charge >= 0.3 is 0 Å². The Kier molecular flexibility index (Phi) is 3.49. The summed E-state index contributed by atoms with van der Waals surface area (Å²) in [5.74, 6) is 0.256. The van der Waals surface area contributed by atoms with Crippen LogP contribution < -0.4 is 5.32 Å². The molecule has 2 rings (SSSR count). The normalized spacial score (nSPS) is 11.6. The van der Waals surface area contributed by atoms with Gasteiger partial charge in [0.25, 0.3) is 0 Å². The quantitative estimate of drug-likeness (QED) is 0.861. The summed E-state index contributed by atoms with van der Waals surface area (Å²) in [7, 11) is 0. The minimum Gasteiger partial charge on any atom is -0.508 e. The fourth-order valence-electron chi connectivity index (χ4n) is 1.81. The van der Waals surface area contributed by atoms with Crippen molar-refractivity contribution in [2.24, 2.45) is 0 Å². The second-order valence-corrected chi connectivity index (χ2v) is 4.15. The van der Waals surface area contributed by atoms with Gasteiger partial charge in [-0.1, -0.05) is 18.2 Å². The van der Waals surface area contributed by atoms with Crippen molar-refractivity contribution in [1.82, 2.24) is 0 Å². The third kappa shape index (κ3) is 2.80. The van der Waals surface area contributed by atoms with Crippen LogP contribution in [-0.4, -0.2) is 5.11 Å². The minimum absolute atomic E-state index is 0.0612. The van der Waals surface area contributed by atoms with E-state index in [2.05, 4.69) is 11.4 Å². The summed E-state index contributed by atoms with van der Waals surface area (Å²) in [5.41, 5.74) is 2.52. The molecular weight excluding hydrogens is 224 g/mol. The van der Waals surface area contributed by atoms with Gasteiger partial charge in [-0.15, -0.1) is 0 Å². The summed E-state index contributed by atoms with van der Waals surface area (Å²) >= 11 is 0. The van der Waals surface area contributed by atoms with Crippen molar-refractivity contribution in [2.45, 2.75) is 13.0 Å². The molecule has 0 aromatic heterocycles. The third-order valence-electron chi connectivity index (χ3n) is 2.75. The molecule has 3 heteroatoms. The topological polar surface area (TPSA) is 56.0 Å². The average molecular weight is 238 g/mol. The molecule has 3 nitrogen and oxygen atoms in total. The van der Waals surface area contributed by atoms with E-state index in [1.807, 2.05) is 31.2 Å². The van der Waals surface area contributed by atoms with Gasteiger partial charge in [0.15, 0.2) is 0 Å². The van der Waals surface area contributed by atoms with Gasteiger partial charge in [0.05, 0.1) is 11.6 Å². The van der Waals surface area contributed by atoms with Crippen LogP contribution >= 0.6 is 0 Å². The Morgan fingerprint density at radius 1 is 1.17 bits per heavy atom. The summed E-state index contributed by atoms with van der Waals surface area (Å²) in [6, 6.07) is 16.6. The van der Waals surface area contributed by atoms with E-state index >= 15 is 0 Å². The molecule has 0 amide bonds. The lowest BCUT2D eigenvalue weighted by Gasteiger charge is -2.16. The molecular formula is C15H14N2O. The molecule has 2 aromatic rings. The Morgan fingerprint density at radius 2 is 1.94 bits per heavy atom. The predicted molar refractivity (Wildman–Crippen MR) is 71.3 cm³/mol. The van der Waals surface area contributed by atoms with Crippen molar-refractivity contribution in [1.29, 1.82) is 5.26 Å². The van der Waals surface area contributed by atoms with Crippen molar-refractivity contribution < 1.29 is 5.11 Å². The summed E-state index contributed by atoms with van der Waals surface area (Å²) < 4.78 is 0. The number of nitrogens with zero attached hydrogens (tertiary/aromatic N) is 1. The van der Waals surface area contributed by atoms with Crippen molar-refractivity contribution in [3.05, 3.63) is 59.7 Å². The molecule has 0 heterocycles. The molecule has 2 N–H and O–H groups in total. The lowest BCUT2D eigenvalue weighted by atomic mass is 10.1. The van der Waals surface area contributed by atoms with E-state index < -0.39 is 0 Å². The van der Waals surface area contributed by atoms with Crippen molar-refractivity contribution in [2.75, 3.05) is 5.32 Å². The van der Waals surface area contributed by atoms with Gasteiger partial charge in [-0.25, -0.2) is 0 Å². The van der Waals surface area contributed by atoms with Crippen LogP contribution in [0.25, 0.3) is 0 Å². The highest BCUT2D eigenvalue weighted by molar-refractivity contribution is 5.50. The standard InChI is InChI=1S/C15H14N2O/c1-11(13-5-3-7-15(18)9-13)17-14-6-2-4-12(8-14)10-16/h2-9,11,17-18H,1H3. The number of phenols is 1. The Hall–Kier alpha value is -2.47. The van der Waals surface area contributed by atoms with Crippen LogP contribution in [0.1, 0.15) is 24.1 Å². The number of nitrogens with one attached hydrogen (secondary N) is 1. The fraction of sp³-hybridized carbons (Fsp3) is 0.133. The molecule has 18 heavy (non-hydrogen) atoms. The van der Waals surface area contributed by atoms with E-state index in [4.69, 9.17) is 5.26 Å². The van der Waals surface area contributed by atoms with E-state index in [0.29, 0.717) is 5.56 Å². The molecule has 0 aliphatic rings. The number of benzene rings is 2. The van der Waals surface area contributed by atoms with Gasteiger partial charge in [0.2, 0.25) is 0 Å². The van der Waals surface area contributed by atoms with Crippen molar-refractivity contribution in [3.63, 3.8) is 0 Å². The second-order valence-electron chi connectivity index (χ2n) is 4.15. The molecule has 0 aliphatic carbocycles. The maximum atomic E-state index is 9.44. The Labute approximate surface area is 106 Å². The zero-order chi connectivity index (χ0) is 13.0. The van der Waals surface area contributed by atoms with E-state index in [9.17, 15) is 5.11 Å². The largest absolute Gasteiger partial charge is 0.508 e. The highest BCUT2D eigenvalue weighted by Gasteiger charge is 2.06. The van der Waals surface area contributed by atoms with Gasteiger partial charge in [0, 0.05) is 11.7 Å².